The van der Waals surface area contributed by atoms with Gasteiger partial charge in [-0.1, -0.05) is 48.5 Å². The number of methoxy groups -OCH3 is 2. The Morgan fingerprint density at radius 2 is 0.978 bits per heavy atom. The van der Waals surface area contributed by atoms with Crippen LogP contribution in [0.1, 0.15) is 92.8 Å². The van der Waals surface area contributed by atoms with Crippen LogP contribution in [0.3, 0.4) is 0 Å². The number of para-hydroxylation sites is 2. The van der Waals surface area contributed by atoms with E-state index in [0.29, 0.717) is 76.0 Å². The van der Waals surface area contributed by atoms with Crippen molar-refractivity contribution in [1.29, 1.82) is 0 Å². The highest BCUT2D eigenvalue weighted by Crippen LogP contribution is 2.46. The van der Waals surface area contributed by atoms with Crippen LogP contribution in [0.2, 0.25) is 0 Å². The largest absolute Gasteiger partial charge is 0.507 e. The number of likely N-dealkylation sites (tertiary alicyclic amines) is 2. The number of piperidine rings is 2. The zero-order valence-electron chi connectivity index (χ0n) is 50.6. The van der Waals surface area contributed by atoms with Crippen LogP contribution < -0.4 is 26.7 Å². The highest BCUT2D eigenvalue weighted by Gasteiger charge is 2.48. The van der Waals surface area contributed by atoms with E-state index in [-0.39, 0.29) is 58.6 Å². The number of hydrogen-bond acceptors (Lipinski definition) is 12. The van der Waals surface area contributed by atoms with Gasteiger partial charge in [-0.3, -0.25) is 14.4 Å². The number of nitrogens with zero attached hydrogens (tertiary/aromatic N) is 8. The van der Waals surface area contributed by atoms with Gasteiger partial charge in [0.2, 0.25) is 0 Å². The van der Waals surface area contributed by atoms with Gasteiger partial charge in [0, 0.05) is 97.5 Å². The van der Waals surface area contributed by atoms with Gasteiger partial charge in [-0.15, -0.1) is 0 Å². The fourth-order valence-corrected chi connectivity index (χ4v) is 15.3. The quantitative estimate of drug-likeness (QED) is 0.0592. The summed E-state index contributed by atoms with van der Waals surface area (Å²) in [6, 6.07) is 33.7. The molecule has 0 spiro atoms. The Labute approximate surface area is 518 Å². The summed E-state index contributed by atoms with van der Waals surface area (Å²) in [6.45, 7) is 3.00. The van der Waals surface area contributed by atoms with Gasteiger partial charge < -0.3 is 70.1 Å². The molecule has 4 bridgehead atoms. The molecule has 6 atom stereocenters. The number of benzene rings is 6. The van der Waals surface area contributed by atoms with Crippen molar-refractivity contribution in [2.75, 3.05) is 27.3 Å². The summed E-state index contributed by atoms with van der Waals surface area (Å²) in [6.07, 6.45) is 8.67. The SMILES string of the molecule is COc1cc(C(=O)N2C[C@H]3CC[C@@H]2[C@@H]3N)cc2nc(-c3cc4cccc(-c5ccc(O)c(C(=O)O)c5)c4n3CC3CC3)n(C)c12.COc1cc(C(=O)N2C[C@H]3CC[C@@H]2[C@@H]3N)cc2nc(-c3cc4cccc(-c5ccc(O)c(C(N)=O)c5)c4n3CC3CC3)n(C)c12. The lowest BCUT2D eigenvalue weighted by Crippen LogP contribution is -2.41. The number of hydrogen-bond donors (Lipinski definition) is 6. The Bertz CT molecular complexity index is 4370. The Morgan fingerprint density at radius 3 is 1.36 bits per heavy atom. The first-order valence-corrected chi connectivity index (χ1v) is 31.1. The zero-order chi connectivity index (χ0) is 62.3. The van der Waals surface area contributed by atoms with Gasteiger partial charge in [0.15, 0.2) is 11.6 Å². The summed E-state index contributed by atoms with van der Waals surface area (Å²) in [5.41, 5.74) is 29.6. The number of ether oxygens (including phenoxy) is 2. The molecule has 16 rings (SSSR count). The van der Waals surface area contributed by atoms with E-state index in [1.54, 1.807) is 26.4 Å². The third-order valence-corrected chi connectivity index (χ3v) is 20.3. The molecule has 90 heavy (non-hydrogen) atoms. The zero-order valence-corrected chi connectivity index (χ0v) is 50.6. The molecule has 2 aliphatic heterocycles. The summed E-state index contributed by atoms with van der Waals surface area (Å²) in [5.74, 6) is 2.20. The molecule has 460 valence electrons. The predicted octanol–water partition coefficient (Wildman–Crippen LogP) is 9.89. The summed E-state index contributed by atoms with van der Waals surface area (Å²) in [4.78, 5) is 65.5. The van der Waals surface area contributed by atoms with Crippen LogP contribution in [-0.4, -0.2) is 129 Å². The summed E-state index contributed by atoms with van der Waals surface area (Å²) in [7, 11) is 7.18. The van der Waals surface area contributed by atoms with E-state index in [1.165, 1.54) is 18.2 Å². The number of aromatic carboxylic acids is 1. The normalized spacial score (nSPS) is 20.9. The second-order valence-electron chi connectivity index (χ2n) is 25.7. The lowest BCUT2D eigenvalue weighted by Gasteiger charge is -2.27. The van der Waals surface area contributed by atoms with Crippen LogP contribution in [0.4, 0.5) is 0 Å². The first-order valence-electron chi connectivity index (χ1n) is 31.1. The molecule has 4 saturated carbocycles. The molecule has 20 nitrogen and oxygen atoms in total. The first-order chi connectivity index (χ1) is 43.5. The highest BCUT2D eigenvalue weighted by atomic mass is 16.5. The summed E-state index contributed by atoms with van der Waals surface area (Å²) >= 11 is 0. The first kappa shape index (κ1) is 56.8. The number of carboxylic acid groups (broad SMARTS) is 1. The number of rotatable bonds is 14. The number of carbonyl (C=O) groups is 4. The van der Waals surface area contributed by atoms with E-state index in [4.69, 9.17) is 36.6 Å². The minimum absolute atomic E-state index is 0.0261. The fraction of sp³-hybridized carbons (Fsp3) is 0.343. The smallest absolute Gasteiger partial charge is 0.339 e. The lowest BCUT2D eigenvalue weighted by molar-refractivity contribution is 0.0686. The maximum absolute atomic E-state index is 13.7. The number of aromatic nitrogens is 6. The molecule has 9 N–H and O–H groups in total. The standard InChI is InChI=1S/C35H36N6O4.C35H35N5O5/c1-39-32-25(13-22(15-29(32)45-2)35(44)41-17-21-8-10-26(41)30(21)36)38-34(39)27-14-20-4-3-5-23(31(20)40(27)16-18-6-7-18)19-9-11-28(42)24(12-19)33(37)43;1-38-32-25(13-22(15-29(32)45-2)34(42)40-17-21-8-10-26(40)30(21)36)37-33(38)27-14-20-4-3-5-23(31(20)39(27)16-18-6-7-18)19-9-11-28(41)24(12-19)35(43)44/h3-5,9,11-15,18,21,26,30,42H,6-8,10,16-17,36H2,1-2H3,(H2,37,43);3-5,9,11-15,18,21,26,30,41H,6-8,10,16-17,36H2,1-2H3,(H,43,44)/t2*21-,26-,30-/m11/s1. The maximum Gasteiger partial charge on any atom is 0.339 e. The molecule has 10 aromatic rings. The van der Waals surface area contributed by atoms with Crippen LogP contribution >= 0.6 is 0 Å². The Hall–Kier alpha value is -9.66. The molecule has 4 aliphatic carbocycles. The molecule has 6 aliphatic rings. The van der Waals surface area contributed by atoms with Crippen LogP contribution in [0.25, 0.3) is 89.2 Å². The van der Waals surface area contributed by atoms with Gasteiger partial charge in [-0.25, -0.2) is 14.8 Å². The van der Waals surface area contributed by atoms with Gasteiger partial charge in [0.1, 0.15) is 39.6 Å². The van der Waals surface area contributed by atoms with Gasteiger partial charge in [-0.05, 0) is 147 Å². The van der Waals surface area contributed by atoms with E-state index in [1.807, 2.05) is 87.6 Å². The van der Waals surface area contributed by atoms with E-state index < -0.39 is 11.9 Å². The maximum atomic E-state index is 13.7. The number of amides is 3. The van der Waals surface area contributed by atoms with Crippen molar-refractivity contribution in [3.05, 3.63) is 131 Å². The molecule has 4 aromatic heterocycles. The number of primary amides is 1. The number of imidazole rings is 2. The topological polar surface area (TPSA) is 277 Å². The second kappa shape index (κ2) is 21.5. The number of aryl methyl sites for hydroxylation is 2. The monoisotopic (exact) mass is 1210 g/mol. The number of carbonyl (C=O) groups excluding carboxylic acids is 3. The van der Waals surface area contributed by atoms with Crippen molar-refractivity contribution in [2.45, 2.75) is 88.6 Å². The summed E-state index contributed by atoms with van der Waals surface area (Å²) in [5, 5.41) is 32.1. The Balaban J connectivity index is 0.000000150. The van der Waals surface area contributed by atoms with Crippen molar-refractivity contribution >= 4 is 67.6 Å². The molecule has 0 unspecified atom stereocenters. The number of fused-ring (bicyclic) bond motifs is 8. The third-order valence-electron chi connectivity index (χ3n) is 20.3. The molecule has 6 aromatic carbocycles. The third kappa shape index (κ3) is 9.31. The van der Waals surface area contributed by atoms with Crippen molar-refractivity contribution in [3.63, 3.8) is 0 Å². The molecule has 20 heteroatoms. The van der Waals surface area contributed by atoms with Gasteiger partial charge in [0.05, 0.1) is 53.2 Å². The molecule has 3 amide bonds. The minimum atomic E-state index is -1.18. The summed E-state index contributed by atoms with van der Waals surface area (Å²) < 4.78 is 20.4. The number of aromatic hydroxyl groups is 2. The molecular weight excluding hydrogens is 1140 g/mol. The van der Waals surface area contributed by atoms with E-state index in [0.717, 1.165) is 137 Å². The lowest BCUT2D eigenvalue weighted by atomic mass is 10.00. The molecule has 0 radical (unpaired) electrons. The average Bonchev–Trinajstić information content (AvgIpc) is 1.66. The number of carboxylic acids is 1. The Morgan fingerprint density at radius 1 is 0.544 bits per heavy atom. The van der Waals surface area contributed by atoms with Gasteiger partial charge in [-0.2, -0.15) is 0 Å². The number of phenols is 2. The predicted molar refractivity (Wildman–Crippen MR) is 343 cm³/mol. The Kier molecular flexibility index (Phi) is 13.6. The van der Waals surface area contributed by atoms with Crippen molar-refractivity contribution in [1.82, 2.24) is 38.0 Å². The van der Waals surface area contributed by atoms with E-state index in [2.05, 4.69) is 33.4 Å². The van der Waals surface area contributed by atoms with Gasteiger partial charge in [0.25, 0.3) is 17.7 Å². The molecular formula is C70H71N11O9. The van der Waals surface area contributed by atoms with Gasteiger partial charge >= 0.3 is 5.97 Å². The fourth-order valence-electron chi connectivity index (χ4n) is 15.3. The highest BCUT2D eigenvalue weighted by molar-refractivity contribution is 6.05. The van der Waals surface area contributed by atoms with E-state index >= 15 is 0 Å². The van der Waals surface area contributed by atoms with Crippen molar-refractivity contribution < 1.29 is 44.0 Å². The molecule has 6 heterocycles. The number of nitrogens with two attached hydrogens (primary N) is 3. The van der Waals surface area contributed by atoms with E-state index in [9.17, 15) is 34.5 Å². The van der Waals surface area contributed by atoms with Crippen molar-refractivity contribution in [2.24, 2.45) is 55.0 Å². The second-order valence-corrected chi connectivity index (χ2v) is 25.7. The van der Waals surface area contributed by atoms with Crippen LogP contribution in [0, 0.1) is 23.7 Å². The molecule has 6 fully saturated rings. The van der Waals surface area contributed by atoms with Crippen LogP contribution in [0.5, 0.6) is 23.0 Å². The molecule has 2 saturated heterocycles. The van der Waals surface area contributed by atoms with Crippen molar-refractivity contribution in [3.8, 4) is 68.3 Å². The average molecular weight is 1210 g/mol. The van der Waals surface area contributed by atoms with Crippen LogP contribution in [0.15, 0.2) is 109 Å². The minimum Gasteiger partial charge on any atom is -0.507 e. The van der Waals surface area contributed by atoms with Crippen LogP contribution in [-0.2, 0) is 27.2 Å².